The number of hydrogen-bond donors (Lipinski definition) is 18. The predicted molar refractivity (Wildman–Crippen MR) is 325 cm³/mol. The molecule has 30 heteroatoms. The van der Waals surface area contributed by atoms with Gasteiger partial charge in [0, 0.05) is 63.7 Å². The number of fused-ring (bicyclic) bond motifs is 2. The van der Waals surface area contributed by atoms with E-state index < -0.39 is 196 Å². The summed E-state index contributed by atoms with van der Waals surface area (Å²) in [6, 6.07) is -3.71. The van der Waals surface area contributed by atoms with Crippen molar-refractivity contribution < 1.29 is 124 Å². The summed E-state index contributed by atoms with van der Waals surface area (Å²) >= 11 is 0. The molecule has 0 aromatic heterocycles. The molecule has 21 atom stereocenters. The molecule has 1 amide bonds. The first-order valence-electron chi connectivity index (χ1n) is 30.2. The molecule has 0 aromatic carbocycles. The summed E-state index contributed by atoms with van der Waals surface area (Å²) in [7, 11) is 0. The third-order valence-electron chi connectivity index (χ3n) is 15.3. The van der Waals surface area contributed by atoms with Gasteiger partial charge >= 0.3 is 29.8 Å². The lowest BCUT2D eigenvalue weighted by Crippen LogP contribution is -2.62. The zero-order chi connectivity index (χ0) is 68.5. The molecule has 0 saturated carbocycles. The second-order valence-corrected chi connectivity index (χ2v) is 23.1. The molecule has 518 valence electrons. The molecular formula is C61H99N5O25. The predicted octanol–water partition coefficient (Wildman–Crippen LogP) is -2.18. The highest BCUT2D eigenvalue weighted by Crippen LogP contribution is 2.38. The van der Waals surface area contributed by atoms with Crippen molar-refractivity contribution in [1.29, 1.82) is 0 Å². The molecule has 4 aliphatic heterocycles. The number of carboxylic acid groups (broad SMARTS) is 4. The number of esters is 1. The van der Waals surface area contributed by atoms with Crippen molar-refractivity contribution in [3.63, 3.8) is 0 Å². The molecule has 4 aliphatic rings. The number of ether oxygens (including phenoxy) is 5. The molecule has 4 heterocycles. The van der Waals surface area contributed by atoms with E-state index in [1.165, 1.54) is 0 Å². The van der Waals surface area contributed by atoms with E-state index in [9.17, 15) is 79.8 Å². The van der Waals surface area contributed by atoms with Crippen molar-refractivity contribution in [1.82, 2.24) is 10.2 Å². The minimum absolute atomic E-state index is 0.0939. The average Bonchev–Trinajstić information content (AvgIpc) is 0.928. The minimum Gasteiger partial charge on any atom is -0.481 e. The zero-order valence-corrected chi connectivity index (χ0v) is 51.9. The van der Waals surface area contributed by atoms with E-state index in [1.807, 2.05) is 49.5 Å². The molecule has 21 N–H and O–H groups in total. The normalized spacial score (nSPS) is 37.2. The standard InChI is InChI=1S/C53H85N3O17.2C4H7NO4/c1-33-17-15-13-11-9-7-5-6-8-10-12-14-16-18-40(72-52-50(66)47(54)49(65)36(4)71-52)30-44-46(51(67)55-21-22-56-23-25-69-26-24-56)43(62)32-53(68,73-44)31-39(59)28-42(61)41(60)20-19-37(57)27-38(58)29-45(63)70-35(3)34(2)48(33)64;2*5-2(4(8)9)1-3(6)7/h5-18,33-44,46-50,52,57-62,64-66,68H,19-32,54H2,1-4H3,(H,55,67);2*2H,1,5H2,(H,6,7)(H,8,9)/b6-5+,9-7+,10-8+,13-11+,14-12+,17-15+,18-16+;;/t;2*2-/m.00/s1. The quantitative estimate of drug-likeness (QED) is 0.0924. The second-order valence-electron chi connectivity index (χ2n) is 23.1. The molecule has 30 nitrogen and oxygen atoms in total. The highest BCUT2D eigenvalue weighted by atomic mass is 16.7. The number of nitrogens with zero attached hydrogens (tertiary/aromatic N) is 1. The first-order chi connectivity index (χ1) is 42.7. The van der Waals surface area contributed by atoms with E-state index in [1.54, 1.807) is 63.3 Å². The van der Waals surface area contributed by atoms with Crippen LogP contribution >= 0.6 is 0 Å². The molecule has 19 unspecified atom stereocenters. The topological polar surface area (TPSA) is 525 Å². The van der Waals surface area contributed by atoms with Crippen LogP contribution in [0.4, 0.5) is 0 Å². The maximum atomic E-state index is 14.0. The highest BCUT2D eigenvalue weighted by Gasteiger charge is 2.51. The lowest BCUT2D eigenvalue weighted by Gasteiger charge is -2.46. The summed E-state index contributed by atoms with van der Waals surface area (Å²) in [6.45, 7) is 10.0. The number of amides is 1. The number of rotatable bonds is 12. The van der Waals surface area contributed by atoms with E-state index in [2.05, 4.69) is 10.2 Å². The Morgan fingerprint density at radius 3 is 1.69 bits per heavy atom. The van der Waals surface area contributed by atoms with Crippen molar-refractivity contribution in [3.05, 3.63) is 85.1 Å². The fourth-order valence-corrected chi connectivity index (χ4v) is 9.82. The number of hydrogen-bond acceptors (Lipinski definition) is 25. The van der Waals surface area contributed by atoms with E-state index in [-0.39, 0.29) is 38.1 Å². The van der Waals surface area contributed by atoms with Gasteiger partial charge < -0.3 is 118 Å². The summed E-state index contributed by atoms with van der Waals surface area (Å²) in [5, 5.41) is 145. The van der Waals surface area contributed by atoms with Crippen LogP contribution in [0.5, 0.6) is 0 Å². The zero-order valence-electron chi connectivity index (χ0n) is 51.9. The summed E-state index contributed by atoms with van der Waals surface area (Å²) in [6.07, 6.45) is 3.79. The van der Waals surface area contributed by atoms with Crippen LogP contribution < -0.4 is 22.5 Å². The van der Waals surface area contributed by atoms with Gasteiger partial charge in [-0.25, -0.2) is 0 Å². The molecule has 0 aromatic rings. The molecule has 0 radical (unpaired) electrons. The van der Waals surface area contributed by atoms with Gasteiger partial charge in [0.15, 0.2) is 12.1 Å². The first-order valence-corrected chi connectivity index (χ1v) is 30.2. The Hall–Kier alpha value is -5.72. The number of aliphatic hydroxyl groups is 10. The number of nitrogens with two attached hydrogens (primary N) is 3. The van der Waals surface area contributed by atoms with Gasteiger partial charge in [0.25, 0.3) is 0 Å². The summed E-state index contributed by atoms with van der Waals surface area (Å²) < 4.78 is 29.3. The van der Waals surface area contributed by atoms with Gasteiger partial charge in [0.1, 0.15) is 24.3 Å². The molecule has 3 fully saturated rings. The van der Waals surface area contributed by atoms with Crippen LogP contribution in [0, 0.1) is 17.8 Å². The van der Waals surface area contributed by atoms with Gasteiger partial charge in [-0.2, -0.15) is 0 Å². The minimum atomic E-state index is -2.27. The maximum Gasteiger partial charge on any atom is 0.321 e. The molecule has 2 bridgehead atoms. The molecule has 3 saturated heterocycles. The van der Waals surface area contributed by atoms with Crippen molar-refractivity contribution in [3.8, 4) is 0 Å². The molecule has 0 spiro atoms. The van der Waals surface area contributed by atoms with Crippen LogP contribution in [0.2, 0.25) is 0 Å². The van der Waals surface area contributed by atoms with Crippen molar-refractivity contribution in [2.75, 3.05) is 39.4 Å². The molecular weight excluding hydrogens is 1200 g/mol. The van der Waals surface area contributed by atoms with Gasteiger partial charge in [0.2, 0.25) is 5.91 Å². The first kappa shape index (κ1) is 81.4. The Morgan fingerprint density at radius 1 is 0.648 bits per heavy atom. The number of carbonyl (C=O) groups is 6. The Morgan fingerprint density at radius 2 is 1.18 bits per heavy atom. The third kappa shape index (κ3) is 32.1. The monoisotopic (exact) mass is 1300 g/mol. The Kier molecular flexibility index (Phi) is 38.0. The fourth-order valence-electron chi connectivity index (χ4n) is 9.82. The highest BCUT2D eigenvalue weighted by molar-refractivity contribution is 5.81. The lowest BCUT2D eigenvalue weighted by atomic mass is 9.82. The lowest BCUT2D eigenvalue weighted by molar-refractivity contribution is -0.307. The largest absolute Gasteiger partial charge is 0.481 e. The molecule has 0 aliphatic carbocycles. The van der Waals surface area contributed by atoms with Crippen LogP contribution in [0.25, 0.3) is 0 Å². The number of allylic oxidation sites excluding steroid dienone is 12. The van der Waals surface area contributed by atoms with Crippen LogP contribution in [0.15, 0.2) is 85.1 Å². The summed E-state index contributed by atoms with van der Waals surface area (Å²) in [5.74, 6) is -10.6. The van der Waals surface area contributed by atoms with Crippen LogP contribution in [-0.2, 0) is 52.5 Å². The Bertz CT molecular complexity index is 2390. The number of carboxylic acids is 4. The van der Waals surface area contributed by atoms with E-state index in [4.69, 9.17) is 61.3 Å². The third-order valence-corrected chi connectivity index (χ3v) is 15.3. The number of carbonyl (C=O) groups excluding carboxylic acids is 2. The van der Waals surface area contributed by atoms with Crippen molar-refractivity contribution in [2.24, 2.45) is 35.0 Å². The van der Waals surface area contributed by atoms with Crippen molar-refractivity contribution >= 4 is 35.8 Å². The van der Waals surface area contributed by atoms with Gasteiger partial charge in [0.05, 0.1) is 112 Å². The van der Waals surface area contributed by atoms with Crippen LogP contribution in [-0.4, -0.2) is 261 Å². The number of aliphatic hydroxyl groups excluding tert-OH is 9. The van der Waals surface area contributed by atoms with Gasteiger partial charge in [-0.05, 0) is 33.1 Å². The van der Waals surface area contributed by atoms with E-state index in [0.29, 0.717) is 32.8 Å². The van der Waals surface area contributed by atoms with Gasteiger partial charge in [-0.15, -0.1) is 0 Å². The summed E-state index contributed by atoms with van der Waals surface area (Å²) in [4.78, 5) is 68.1. The van der Waals surface area contributed by atoms with E-state index in [0.717, 1.165) is 0 Å². The van der Waals surface area contributed by atoms with Crippen LogP contribution in [0.3, 0.4) is 0 Å². The second kappa shape index (κ2) is 42.5. The van der Waals surface area contributed by atoms with Crippen LogP contribution in [0.1, 0.15) is 91.9 Å². The smallest absolute Gasteiger partial charge is 0.321 e. The Labute approximate surface area is 529 Å². The SMILES string of the molecule is CC1/C=C/C=C/C=C/C=C/C=C/C=C/C=C/C(OC2OC(C)C(O)C(N)C2O)CC2OC(O)(CC(O)CC(O)C(O)CCC(O)CC(O)CC(=O)OC(C)C(C)C1O)CC(O)C2C(=O)NCCN1CCOCC1.N[C@@H](CC(=O)O)C(=O)O.N[C@@H](CC(=O)O)C(=O)O. The van der Waals surface area contributed by atoms with Gasteiger partial charge in [-0.3, -0.25) is 33.7 Å². The number of nitrogens with one attached hydrogen (secondary N) is 1. The Balaban J connectivity index is 0.00000135. The van der Waals surface area contributed by atoms with E-state index >= 15 is 0 Å². The number of aliphatic carboxylic acids is 4. The average molecular weight is 1300 g/mol. The molecule has 91 heavy (non-hydrogen) atoms. The number of cyclic esters (lactones) is 1. The molecule has 4 rings (SSSR count). The maximum absolute atomic E-state index is 14.0. The van der Waals surface area contributed by atoms with Gasteiger partial charge in [-0.1, -0.05) is 98.9 Å². The van der Waals surface area contributed by atoms with Crippen molar-refractivity contribution in [2.45, 2.75) is 201 Å². The number of morpholine rings is 1. The fraction of sp³-hybridized carbons (Fsp3) is 0.672. The summed E-state index contributed by atoms with van der Waals surface area (Å²) in [5.41, 5.74) is 15.8.